The average Bonchev–Trinajstić information content (AvgIpc) is 2.58. The summed E-state index contributed by atoms with van der Waals surface area (Å²) < 4.78 is 7.06. The highest BCUT2D eigenvalue weighted by molar-refractivity contribution is 5.67. The Morgan fingerprint density at radius 3 is 2.57 bits per heavy atom. The van der Waals surface area contributed by atoms with Gasteiger partial charge in [-0.15, -0.1) is 0 Å². The Hall–Kier alpha value is -3.39. The molecule has 2 aromatic carbocycles. The molecule has 0 N–H and O–H groups in total. The summed E-state index contributed by atoms with van der Waals surface area (Å²) in [6, 6.07) is 18.5. The third-order valence-corrected chi connectivity index (χ3v) is 3.33. The Kier molecular flexibility index (Phi) is 3.89. The van der Waals surface area contributed by atoms with Crippen molar-refractivity contribution in [2.24, 2.45) is 7.05 Å². The highest BCUT2D eigenvalue weighted by Crippen LogP contribution is 2.26. The van der Waals surface area contributed by atoms with Crippen molar-refractivity contribution in [1.82, 2.24) is 9.55 Å². The van der Waals surface area contributed by atoms with Gasteiger partial charge >= 0.3 is 0 Å². The fourth-order valence-electron chi connectivity index (χ4n) is 2.19. The van der Waals surface area contributed by atoms with Crippen molar-refractivity contribution in [2.45, 2.75) is 0 Å². The molecule has 5 heteroatoms. The van der Waals surface area contributed by atoms with Gasteiger partial charge in [-0.1, -0.05) is 30.3 Å². The second kappa shape index (κ2) is 6.16. The summed E-state index contributed by atoms with van der Waals surface area (Å²) in [5.74, 6) is 1.32. The number of hydrogen-bond acceptors (Lipinski definition) is 4. The fourth-order valence-corrected chi connectivity index (χ4v) is 2.19. The van der Waals surface area contributed by atoms with Crippen LogP contribution in [0.15, 0.2) is 65.7 Å². The van der Waals surface area contributed by atoms with Crippen LogP contribution in [0.1, 0.15) is 5.56 Å². The molecular formula is C18H13N3O2. The third-order valence-electron chi connectivity index (χ3n) is 3.33. The summed E-state index contributed by atoms with van der Waals surface area (Å²) in [5, 5.41) is 9.25. The first-order valence-electron chi connectivity index (χ1n) is 6.98. The molecule has 112 valence electrons. The molecule has 0 saturated heterocycles. The molecule has 5 nitrogen and oxygen atoms in total. The molecule has 0 radical (unpaired) electrons. The van der Waals surface area contributed by atoms with Gasteiger partial charge in [0.25, 0.3) is 5.56 Å². The monoisotopic (exact) mass is 303 g/mol. The summed E-state index contributed by atoms with van der Waals surface area (Å²) >= 11 is 0. The lowest BCUT2D eigenvalue weighted by Gasteiger charge is -2.08. The highest BCUT2D eigenvalue weighted by Gasteiger charge is 2.12. The Morgan fingerprint density at radius 1 is 1.09 bits per heavy atom. The van der Waals surface area contributed by atoms with Gasteiger partial charge in [0.15, 0.2) is 0 Å². The van der Waals surface area contributed by atoms with Crippen molar-refractivity contribution in [3.63, 3.8) is 0 Å². The van der Waals surface area contributed by atoms with Gasteiger partial charge in [-0.3, -0.25) is 4.79 Å². The van der Waals surface area contributed by atoms with Crippen LogP contribution in [-0.2, 0) is 7.05 Å². The minimum atomic E-state index is -0.369. The first-order valence-corrected chi connectivity index (χ1v) is 6.98. The number of para-hydroxylation sites is 1. The topological polar surface area (TPSA) is 67.9 Å². The Labute approximate surface area is 133 Å². The molecular weight excluding hydrogens is 290 g/mol. The lowest BCUT2D eigenvalue weighted by atomic mass is 10.1. The zero-order valence-electron chi connectivity index (χ0n) is 12.4. The molecule has 1 aromatic heterocycles. The highest BCUT2D eigenvalue weighted by atomic mass is 16.5. The molecule has 0 bridgehead atoms. The summed E-state index contributed by atoms with van der Waals surface area (Å²) in [6.07, 6.45) is 1.41. The standard InChI is InChI=1S/C18H13N3O2/c1-21-12-20-17(16(11-19)18(21)22)13-6-5-9-15(10-13)23-14-7-3-2-4-8-14/h2-10,12H,1H3. The van der Waals surface area contributed by atoms with Gasteiger partial charge < -0.3 is 9.30 Å². The van der Waals surface area contributed by atoms with E-state index in [9.17, 15) is 10.1 Å². The number of nitriles is 1. The lowest BCUT2D eigenvalue weighted by molar-refractivity contribution is 0.483. The van der Waals surface area contributed by atoms with E-state index >= 15 is 0 Å². The first-order chi connectivity index (χ1) is 11.2. The van der Waals surface area contributed by atoms with Crippen molar-refractivity contribution in [3.05, 3.63) is 76.8 Å². The Balaban J connectivity index is 2.03. The van der Waals surface area contributed by atoms with Crippen LogP contribution < -0.4 is 10.3 Å². The van der Waals surface area contributed by atoms with Crippen LogP contribution >= 0.6 is 0 Å². The smallest absolute Gasteiger partial charge is 0.271 e. The van der Waals surface area contributed by atoms with Gasteiger partial charge in [-0.05, 0) is 24.3 Å². The maximum atomic E-state index is 12.0. The van der Waals surface area contributed by atoms with E-state index in [1.165, 1.54) is 10.9 Å². The number of hydrogen-bond donors (Lipinski definition) is 0. The summed E-state index contributed by atoms with van der Waals surface area (Å²) in [5.41, 5.74) is 0.667. The van der Waals surface area contributed by atoms with E-state index in [0.717, 1.165) is 0 Å². The van der Waals surface area contributed by atoms with E-state index in [2.05, 4.69) is 4.98 Å². The van der Waals surface area contributed by atoms with Gasteiger partial charge in [0.1, 0.15) is 23.1 Å². The fraction of sp³-hybridized carbons (Fsp3) is 0.0556. The van der Waals surface area contributed by atoms with Crippen LogP contribution in [0.5, 0.6) is 11.5 Å². The molecule has 0 fully saturated rings. The zero-order valence-corrected chi connectivity index (χ0v) is 12.4. The quantitative estimate of drug-likeness (QED) is 0.745. The minimum Gasteiger partial charge on any atom is -0.457 e. The van der Waals surface area contributed by atoms with Crippen molar-refractivity contribution >= 4 is 0 Å². The molecule has 3 rings (SSSR count). The van der Waals surface area contributed by atoms with Crippen LogP contribution in [0.4, 0.5) is 0 Å². The second-order valence-electron chi connectivity index (χ2n) is 4.94. The van der Waals surface area contributed by atoms with Crippen LogP contribution in [0.3, 0.4) is 0 Å². The van der Waals surface area contributed by atoms with Crippen molar-refractivity contribution in [2.75, 3.05) is 0 Å². The zero-order chi connectivity index (χ0) is 16.2. The SMILES string of the molecule is Cn1cnc(-c2cccc(Oc3ccccc3)c2)c(C#N)c1=O. The molecule has 0 amide bonds. The van der Waals surface area contributed by atoms with Gasteiger partial charge in [0.2, 0.25) is 0 Å². The maximum Gasteiger partial charge on any atom is 0.271 e. The molecule has 3 aromatic rings. The largest absolute Gasteiger partial charge is 0.457 e. The third kappa shape index (κ3) is 2.97. The summed E-state index contributed by atoms with van der Waals surface area (Å²) in [6.45, 7) is 0. The maximum absolute atomic E-state index is 12.0. The Morgan fingerprint density at radius 2 is 1.83 bits per heavy atom. The Bertz CT molecular complexity index is 940. The number of aryl methyl sites for hydroxylation is 1. The van der Waals surface area contributed by atoms with E-state index in [1.807, 2.05) is 42.5 Å². The average molecular weight is 303 g/mol. The van der Waals surface area contributed by atoms with Gasteiger partial charge in [-0.2, -0.15) is 5.26 Å². The minimum absolute atomic E-state index is 0.0202. The number of aromatic nitrogens is 2. The van der Waals surface area contributed by atoms with E-state index in [-0.39, 0.29) is 11.1 Å². The number of nitrogens with zero attached hydrogens (tertiary/aromatic N) is 3. The molecule has 0 saturated carbocycles. The molecule has 1 heterocycles. The van der Waals surface area contributed by atoms with E-state index < -0.39 is 0 Å². The predicted octanol–water partition coefficient (Wildman–Crippen LogP) is 3.11. The van der Waals surface area contributed by atoms with Gasteiger partial charge in [0, 0.05) is 12.6 Å². The van der Waals surface area contributed by atoms with Crippen LogP contribution in [0.2, 0.25) is 0 Å². The number of benzene rings is 2. The summed E-state index contributed by atoms with van der Waals surface area (Å²) in [7, 11) is 1.56. The molecule has 0 unspecified atom stereocenters. The van der Waals surface area contributed by atoms with E-state index in [4.69, 9.17) is 4.74 Å². The van der Waals surface area contributed by atoms with Crippen molar-refractivity contribution in [3.8, 4) is 28.8 Å². The normalized spacial score (nSPS) is 10.1. The molecule has 0 atom stereocenters. The van der Waals surface area contributed by atoms with Crippen molar-refractivity contribution < 1.29 is 4.74 Å². The van der Waals surface area contributed by atoms with E-state index in [1.54, 1.807) is 25.2 Å². The van der Waals surface area contributed by atoms with Crippen LogP contribution in [-0.4, -0.2) is 9.55 Å². The lowest BCUT2D eigenvalue weighted by Crippen LogP contribution is -2.21. The van der Waals surface area contributed by atoms with Crippen molar-refractivity contribution in [1.29, 1.82) is 5.26 Å². The number of ether oxygens (including phenoxy) is 1. The first kappa shape index (κ1) is 14.5. The molecule has 23 heavy (non-hydrogen) atoms. The second-order valence-corrected chi connectivity index (χ2v) is 4.94. The molecule has 0 aliphatic rings. The van der Waals surface area contributed by atoms with Crippen LogP contribution in [0.25, 0.3) is 11.3 Å². The van der Waals surface area contributed by atoms with E-state index in [0.29, 0.717) is 22.8 Å². The molecule has 0 aliphatic heterocycles. The molecule has 0 aliphatic carbocycles. The number of rotatable bonds is 3. The molecule has 0 spiro atoms. The van der Waals surface area contributed by atoms with Gasteiger partial charge in [0.05, 0.1) is 12.0 Å². The summed E-state index contributed by atoms with van der Waals surface area (Å²) in [4.78, 5) is 16.3. The predicted molar refractivity (Wildman–Crippen MR) is 86.1 cm³/mol. The van der Waals surface area contributed by atoms with Gasteiger partial charge in [-0.25, -0.2) is 4.98 Å². The van der Waals surface area contributed by atoms with Crippen LogP contribution in [0, 0.1) is 11.3 Å².